The fraction of sp³-hybridized carbons (Fsp3) is 0.947. The number of carbonyl (C=O) groups excluding carboxylic acids is 1. The van der Waals surface area contributed by atoms with E-state index in [9.17, 15) is 35.4 Å². The SMILES string of the molecule is CC(=O)NC1[C@@H](OCCCCCS)OC(CO)[C@H](O)[C@@H]1O[C@@H]1OC(CO)[C@H](O)[C@H](O)C1O. The summed E-state index contributed by atoms with van der Waals surface area (Å²) >= 11 is 4.15. The van der Waals surface area contributed by atoms with Gasteiger partial charge in [0.05, 0.1) is 13.2 Å². The number of hydrogen-bond donors (Lipinski definition) is 8. The van der Waals surface area contributed by atoms with Crippen LogP contribution in [0.25, 0.3) is 0 Å². The monoisotopic (exact) mass is 485 g/mol. The van der Waals surface area contributed by atoms with Crippen molar-refractivity contribution in [3.05, 3.63) is 0 Å². The fourth-order valence-electron chi connectivity index (χ4n) is 3.69. The van der Waals surface area contributed by atoms with Gasteiger partial charge in [-0.2, -0.15) is 12.6 Å². The first-order chi connectivity index (χ1) is 15.2. The molecule has 10 atom stereocenters. The third-order valence-corrected chi connectivity index (χ3v) is 5.76. The Labute approximate surface area is 191 Å². The molecule has 4 unspecified atom stereocenters. The summed E-state index contributed by atoms with van der Waals surface area (Å²) in [5, 5.41) is 62.6. The van der Waals surface area contributed by atoms with Crippen molar-refractivity contribution >= 4 is 18.5 Å². The highest BCUT2D eigenvalue weighted by atomic mass is 32.1. The van der Waals surface area contributed by atoms with Crippen LogP contribution in [0.5, 0.6) is 0 Å². The molecule has 2 rings (SSSR count). The first-order valence-electron chi connectivity index (χ1n) is 10.6. The maximum Gasteiger partial charge on any atom is 0.217 e. The molecular weight excluding hydrogens is 450 g/mol. The maximum absolute atomic E-state index is 11.8. The Bertz CT molecular complexity index is 571. The van der Waals surface area contributed by atoms with Gasteiger partial charge < -0.3 is 54.9 Å². The number of aliphatic hydroxyl groups excluding tert-OH is 6. The summed E-state index contributed by atoms with van der Waals surface area (Å²) in [7, 11) is 0. The van der Waals surface area contributed by atoms with Gasteiger partial charge >= 0.3 is 0 Å². The van der Waals surface area contributed by atoms with Gasteiger partial charge in [-0.1, -0.05) is 6.42 Å². The van der Waals surface area contributed by atoms with Gasteiger partial charge in [0.2, 0.25) is 5.91 Å². The number of amides is 1. The highest BCUT2D eigenvalue weighted by Crippen LogP contribution is 2.29. The zero-order valence-corrected chi connectivity index (χ0v) is 18.8. The van der Waals surface area contributed by atoms with E-state index in [1.807, 2.05) is 0 Å². The van der Waals surface area contributed by atoms with Crippen LogP contribution in [0, 0.1) is 0 Å². The Balaban J connectivity index is 2.19. The van der Waals surface area contributed by atoms with Crippen molar-refractivity contribution in [3.63, 3.8) is 0 Å². The maximum atomic E-state index is 11.8. The molecule has 7 N–H and O–H groups in total. The Hall–Kier alpha value is -0.580. The molecule has 0 aliphatic carbocycles. The lowest BCUT2D eigenvalue weighted by molar-refractivity contribution is -0.344. The molecule has 2 fully saturated rings. The molecule has 2 heterocycles. The van der Waals surface area contributed by atoms with Gasteiger partial charge in [0, 0.05) is 13.5 Å². The van der Waals surface area contributed by atoms with Crippen molar-refractivity contribution in [2.45, 2.75) is 87.5 Å². The molecule has 0 aromatic carbocycles. The van der Waals surface area contributed by atoms with Gasteiger partial charge in [-0.25, -0.2) is 0 Å². The Morgan fingerprint density at radius 2 is 1.53 bits per heavy atom. The van der Waals surface area contributed by atoms with E-state index in [4.69, 9.17) is 18.9 Å². The zero-order chi connectivity index (χ0) is 23.8. The lowest BCUT2D eigenvalue weighted by Gasteiger charge is -2.47. The minimum absolute atomic E-state index is 0.273. The van der Waals surface area contributed by atoms with Crippen molar-refractivity contribution in [2.24, 2.45) is 0 Å². The van der Waals surface area contributed by atoms with Crippen LogP contribution < -0.4 is 5.32 Å². The van der Waals surface area contributed by atoms with E-state index in [-0.39, 0.29) is 6.61 Å². The van der Waals surface area contributed by atoms with E-state index in [1.165, 1.54) is 6.92 Å². The Morgan fingerprint density at radius 1 is 0.906 bits per heavy atom. The Kier molecular flexibility index (Phi) is 11.5. The molecule has 32 heavy (non-hydrogen) atoms. The minimum atomic E-state index is -1.71. The van der Waals surface area contributed by atoms with Crippen molar-refractivity contribution < 1.29 is 54.4 Å². The third kappa shape index (κ3) is 6.96. The third-order valence-electron chi connectivity index (χ3n) is 5.45. The second kappa shape index (κ2) is 13.3. The summed E-state index contributed by atoms with van der Waals surface area (Å²) in [6, 6.07) is -1.05. The summed E-state index contributed by atoms with van der Waals surface area (Å²) in [6.45, 7) is 0.282. The topological polar surface area (TPSA) is 187 Å². The van der Waals surface area contributed by atoms with Crippen LogP contribution in [0.3, 0.4) is 0 Å². The lowest BCUT2D eigenvalue weighted by atomic mass is 9.95. The number of unbranched alkanes of at least 4 members (excludes halogenated alkanes) is 2. The van der Waals surface area contributed by atoms with Crippen LogP contribution >= 0.6 is 12.6 Å². The second-order valence-corrected chi connectivity index (χ2v) is 8.34. The fourth-order valence-corrected chi connectivity index (χ4v) is 3.91. The van der Waals surface area contributed by atoms with Crippen LogP contribution in [-0.2, 0) is 23.7 Å². The predicted octanol–water partition coefficient (Wildman–Crippen LogP) is -3.13. The van der Waals surface area contributed by atoms with Crippen LogP contribution in [0.4, 0.5) is 0 Å². The molecule has 13 heteroatoms. The molecule has 0 spiro atoms. The summed E-state index contributed by atoms with van der Waals surface area (Å²) < 4.78 is 22.5. The highest BCUT2D eigenvalue weighted by Gasteiger charge is 2.51. The second-order valence-electron chi connectivity index (χ2n) is 7.90. The van der Waals surface area contributed by atoms with Crippen molar-refractivity contribution in [1.82, 2.24) is 5.32 Å². The van der Waals surface area contributed by atoms with Crippen molar-refractivity contribution in [3.8, 4) is 0 Å². The van der Waals surface area contributed by atoms with Crippen LogP contribution in [0.2, 0.25) is 0 Å². The quantitative estimate of drug-likeness (QED) is 0.109. The molecule has 2 aliphatic heterocycles. The molecule has 1 amide bonds. The standard InChI is InChI=1S/C19H35NO11S/c1-9(23)20-12-17(31-19-16(27)15(26)13(24)10(7-21)30-19)14(25)11(8-22)29-18(12)28-5-3-2-4-6-32/h10-19,21-22,24-27,32H,2-8H2,1H3,(H,20,23)/t10?,11?,12?,13-,14-,15-,16?,17+,18-,19-/m0/s1. The molecule has 0 bridgehead atoms. The summed E-state index contributed by atoms with van der Waals surface area (Å²) in [6.07, 6.45) is -10.3. The van der Waals surface area contributed by atoms with Gasteiger partial charge in [-0.3, -0.25) is 4.79 Å². The van der Waals surface area contributed by atoms with Gasteiger partial charge in [-0.15, -0.1) is 0 Å². The molecule has 0 radical (unpaired) electrons. The largest absolute Gasteiger partial charge is 0.394 e. The van der Waals surface area contributed by atoms with Gasteiger partial charge in [-0.05, 0) is 18.6 Å². The van der Waals surface area contributed by atoms with Crippen LogP contribution in [0.1, 0.15) is 26.2 Å². The Morgan fingerprint density at radius 3 is 2.12 bits per heavy atom. The summed E-state index contributed by atoms with van der Waals surface area (Å²) in [5.41, 5.74) is 0. The number of carbonyl (C=O) groups is 1. The van der Waals surface area contributed by atoms with E-state index in [0.717, 1.165) is 18.6 Å². The summed E-state index contributed by atoms with van der Waals surface area (Å²) in [4.78, 5) is 11.8. The van der Waals surface area contributed by atoms with E-state index >= 15 is 0 Å². The number of aliphatic hydroxyl groups is 6. The molecule has 188 valence electrons. The van der Waals surface area contributed by atoms with E-state index < -0.39 is 80.5 Å². The molecule has 0 aromatic rings. The average Bonchev–Trinajstić information content (AvgIpc) is 2.76. The zero-order valence-electron chi connectivity index (χ0n) is 17.9. The van der Waals surface area contributed by atoms with Crippen molar-refractivity contribution in [1.29, 1.82) is 0 Å². The normalized spacial score (nSPS) is 40.2. The van der Waals surface area contributed by atoms with E-state index in [0.29, 0.717) is 6.42 Å². The molecule has 0 saturated carbocycles. The lowest BCUT2D eigenvalue weighted by Crippen LogP contribution is -2.68. The van der Waals surface area contributed by atoms with Crippen molar-refractivity contribution in [2.75, 3.05) is 25.6 Å². The molecular formula is C19H35NO11S. The number of thiol groups is 1. The number of rotatable bonds is 11. The van der Waals surface area contributed by atoms with Gasteiger partial charge in [0.15, 0.2) is 12.6 Å². The molecule has 2 saturated heterocycles. The first kappa shape index (κ1) is 27.7. The van der Waals surface area contributed by atoms with Gasteiger partial charge in [0.25, 0.3) is 0 Å². The van der Waals surface area contributed by atoms with Crippen LogP contribution in [-0.4, -0.2) is 123 Å². The molecule has 12 nitrogen and oxygen atoms in total. The van der Waals surface area contributed by atoms with E-state index in [1.54, 1.807) is 0 Å². The number of ether oxygens (including phenoxy) is 4. The van der Waals surface area contributed by atoms with E-state index in [2.05, 4.69) is 17.9 Å². The minimum Gasteiger partial charge on any atom is -0.394 e. The smallest absolute Gasteiger partial charge is 0.217 e. The number of hydrogen-bond acceptors (Lipinski definition) is 12. The first-order valence-corrected chi connectivity index (χ1v) is 11.3. The average molecular weight is 486 g/mol. The van der Waals surface area contributed by atoms with Gasteiger partial charge in [0.1, 0.15) is 48.8 Å². The highest BCUT2D eigenvalue weighted by molar-refractivity contribution is 7.80. The molecule has 0 aromatic heterocycles. The summed E-state index contributed by atoms with van der Waals surface area (Å²) in [5.74, 6) is 0.265. The molecule has 2 aliphatic rings. The number of nitrogens with one attached hydrogen (secondary N) is 1. The predicted molar refractivity (Wildman–Crippen MR) is 112 cm³/mol. The van der Waals surface area contributed by atoms with Crippen LogP contribution in [0.15, 0.2) is 0 Å².